The van der Waals surface area contributed by atoms with E-state index in [0.717, 1.165) is 0 Å². The number of aromatic nitrogens is 1. The van der Waals surface area contributed by atoms with Gasteiger partial charge >= 0.3 is 0 Å². The SMILES string of the molecule is CC(O)c1ccnc(Oc2cc(Cl)c(Cl)cc2Cl)c1. The molecule has 3 nitrogen and oxygen atoms in total. The zero-order valence-corrected chi connectivity index (χ0v) is 12.2. The molecule has 100 valence electrons. The minimum absolute atomic E-state index is 0.318. The molecule has 1 aromatic carbocycles. The first kappa shape index (κ1) is 14.4. The standard InChI is InChI=1S/C13H10Cl3NO2/c1-7(18)8-2-3-17-13(4-8)19-12-6-10(15)9(14)5-11(12)16/h2-7,18H,1H3. The summed E-state index contributed by atoms with van der Waals surface area (Å²) >= 11 is 17.7. The van der Waals surface area contributed by atoms with Gasteiger partial charge in [0, 0.05) is 18.3 Å². The molecule has 0 amide bonds. The topological polar surface area (TPSA) is 42.4 Å². The van der Waals surface area contributed by atoms with Crippen molar-refractivity contribution in [2.45, 2.75) is 13.0 Å². The number of aliphatic hydroxyl groups is 1. The van der Waals surface area contributed by atoms with Crippen LogP contribution in [0, 0.1) is 0 Å². The van der Waals surface area contributed by atoms with E-state index in [1.165, 1.54) is 12.1 Å². The predicted octanol–water partition coefficient (Wildman–Crippen LogP) is 4.89. The van der Waals surface area contributed by atoms with Crippen LogP contribution < -0.4 is 4.74 Å². The number of aliphatic hydroxyl groups excluding tert-OH is 1. The van der Waals surface area contributed by atoms with Crippen molar-refractivity contribution in [1.29, 1.82) is 0 Å². The Morgan fingerprint density at radius 3 is 2.47 bits per heavy atom. The van der Waals surface area contributed by atoms with Crippen LogP contribution in [0.3, 0.4) is 0 Å². The highest BCUT2D eigenvalue weighted by atomic mass is 35.5. The second kappa shape index (κ2) is 5.97. The summed E-state index contributed by atoms with van der Waals surface area (Å²) in [6, 6.07) is 6.35. The molecular formula is C13H10Cl3NO2. The number of ether oxygens (including phenoxy) is 1. The van der Waals surface area contributed by atoms with Crippen LogP contribution in [-0.2, 0) is 0 Å². The van der Waals surface area contributed by atoms with Gasteiger partial charge in [-0.3, -0.25) is 0 Å². The van der Waals surface area contributed by atoms with Crippen LogP contribution in [0.4, 0.5) is 0 Å². The summed E-state index contributed by atoms with van der Waals surface area (Å²) in [6.07, 6.45) is 0.942. The zero-order chi connectivity index (χ0) is 14.0. The first-order valence-electron chi connectivity index (χ1n) is 5.44. The van der Waals surface area contributed by atoms with Gasteiger partial charge in [-0.05, 0) is 24.6 Å². The molecule has 1 atom stereocenters. The van der Waals surface area contributed by atoms with Gasteiger partial charge in [0.15, 0.2) is 0 Å². The second-order valence-electron chi connectivity index (χ2n) is 3.90. The monoisotopic (exact) mass is 317 g/mol. The molecule has 0 bridgehead atoms. The Bertz CT molecular complexity index is 602. The van der Waals surface area contributed by atoms with Gasteiger partial charge in [-0.15, -0.1) is 0 Å². The highest BCUT2D eigenvalue weighted by Gasteiger charge is 2.10. The molecule has 0 spiro atoms. The summed E-state index contributed by atoms with van der Waals surface area (Å²) in [5, 5.41) is 10.5. The summed E-state index contributed by atoms with van der Waals surface area (Å²) < 4.78 is 5.54. The van der Waals surface area contributed by atoms with E-state index < -0.39 is 6.10 Å². The normalized spacial score (nSPS) is 12.3. The molecule has 1 heterocycles. The van der Waals surface area contributed by atoms with E-state index in [1.807, 2.05) is 0 Å². The molecule has 0 saturated heterocycles. The van der Waals surface area contributed by atoms with E-state index in [0.29, 0.717) is 32.3 Å². The maximum atomic E-state index is 9.50. The van der Waals surface area contributed by atoms with Crippen LogP contribution in [0.15, 0.2) is 30.5 Å². The lowest BCUT2D eigenvalue weighted by Gasteiger charge is -2.10. The Labute approximate surface area is 125 Å². The summed E-state index contributed by atoms with van der Waals surface area (Å²) in [5.41, 5.74) is 0.696. The highest BCUT2D eigenvalue weighted by Crippen LogP contribution is 2.36. The molecule has 1 unspecified atom stereocenters. The van der Waals surface area contributed by atoms with Gasteiger partial charge in [0.05, 0.1) is 21.2 Å². The minimum atomic E-state index is -0.602. The fraction of sp³-hybridized carbons (Fsp3) is 0.154. The third kappa shape index (κ3) is 3.51. The van der Waals surface area contributed by atoms with E-state index >= 15 is 0 Å². The lowest BCUT2D eigenvalue weighted by Crippen LogP contribution is -1.94. The number of hydrogen-bond donors (Lipinski definition) is 1. The molecule has 2 rings (SSSR count). The van der Waals surface area contributed by atoms with Crippen molar-refractivity contribution in [3.63, 3.8) is 0 Å². The molecule has 0 aliphatic carbocycles. The molecule has 1 N–H and O–H groups in total. The largest absolute Gasteiger partial charge is 0.437 e. The number of hydrogen-bond acceptors (Lipinski definition) is 3. The van der Waals surface area contributed by atoms with E-state index in [2.05, 4.69) is 4.98 Å². The van der Waals surface area contributed by atoms with Crippen molar-refractivity contribution in [2.75, 3.05) is 0 Å². The Hall–Kier alpha value is -1.000. The van der Waals surface area contributed by atoms with Crippen LogP contribution in [0.5, 0.6) is 11.6 Å². The van der Waals surface area contributed by atoms with Crippen molar-refractivity contribution >= 4 is 34.8 Å². The van der Waals surface area contributed by atoms with Crippen LogP contribution in [0.2, 0.25) is 15.1 Å². The lowest BCUT2D eigenvalue weighted by molar-refractivity contribution is 0.198. The third-order valence-electron chi connectivity index (χ3n) is 2.43. The van der Waals surface area contributed by atoms with Crippen LogP contribution in [0.1, 0.15) is 18.6 Å². The molecule has 0 fully saturated rings. The van der Waals surface area contributed by atoms with Crippen molar-refractivity contribution in [3.8, 4) is 11.6 Å². The molecule has 2 aromatic rings. The van der Waals surface area contributed by atoms with E-state index in [9.17, 15) is 5.11 Å². The third-order valence-corrected chi connectivity index (χ3v) is 3.45. The van der Waals surface area contributed by atoms with Gasteiger partial charge in [0.1, 0.15) is 5.75 Å². The summed E-state index contributed by atoms with van der Waals surface area (Å²) in [4.78, 5) is 4.04. The van der Waals surface area contributed by atoms with Gasteiger partial charge in [-0.2, -0.15) is 0 Å². The van der Waals surface area contributed by atoms with Gasteiger partial charge in [-0.25, -0.2) is 4.98 Å². The fourth-order valence-electron chi connectivity index (χ4n) is 1.44. The van der Waals surface area contributed by atoms with Gasteiger partial charge in [0.2, 0.25) is 5.88 Å². The van der Waals surface area contributed by atoms with E-state index in [1.54, 1.807) is 25.3 Å². The molecule has 0 aliphatic rings. The van der Waals surface area contributed by atoms with Gasteiger partial charge < -0.3 is 9.84 Å². The Balaban J connectivity index is 2.31. The Morgan fingerprint density at radius 2 is 1.79 bits per heavy atom. The van der Waals surface area contributed by atoms with E-state index in [4.69, 9.17) is 39.5 Å². The fourth-order valence-corrected chi connectivity index (χ4v) is 2.01. The van der Waals surface area contributed by atoms with Gasteiger partial charge in [-0.1, -0.05) is 34.8 Å². The molecule has 19 heavy (non-hydrogen) atoms. The van der Waals surface area contributed by atoms with Gasteiger partial charge in [0.25, 0.3) is 0 Å². The number of benzene rings is 1. The molecular weight excluding hydrogens is 309 g/mol. The summed E-state index contributed by atoms with van der Waals surface area (Å²) in [7, 11) is 0. The summed E-state index contributed by atoms with van der Waals surface area (Å²) in [6.45, 7) is 1.66. The Kier molecular flexibility index (Phi) is 4.53. The number of halogens is 3. The highest BCUT2D eigenvalue weighted by molar-refractivity contribution is 6.43. The molecule has 6 heteroatoms. The number of rotatable bonds is 3. The molecule has 0 radical (unpaired) electrons. The van der Waals surface area contributed by atoms with Crippen molar-refractivity contribution in [2.24, 2.45) is 0 Å². The number of nitrogens with zero attached hydrogens (tertiary/aromatic N) is 1. The molecule has 1 aromatic heterocycles. The minimum Gasteiger partial charge on any atom is -0.437 e. The van der Waals surface area contributed by atoms with E-state index in [-0.39, 0.29) is 0 Å². The second-order valence-corrected chi connectivity index (χ2v) is 5.12. The maximum Gasteiger partial charge on any atom is 0.219 e. The first-order valence-corrected chi connectivity index (χ1v) is 6.57. The van der Waals surface area contributed by atoms with Crippen LogP contribution >= 0.6 is 34.8 Å². The van der Waals surface area contributed by atoms with Crippen LogP contribution in [-0.4, -0.2) is 10.1 Å². The van der Waals surface area contributed by atoms with Crippen molar-refractivity contribution < 1.29 is 9.84 Å². The summed E-state index contributed by atoms with van der Waals surface area (Å²) in [5.74, 6) is 0.671. The predicted molar refractivity (Wildman–Crippen MR) is 76.4 cm³/mol. The first-order chi connectivity index (χ1) is 8.97. The van der Waals surface area contributed by atoms with Crippen LogP contribution in [0.25, 0.3) is 0 Å². The average Bonchev–Trinajstić information content (AvgIpc) is 2.36. The smallest absolute Gasteiger partial charge is 0.219 e. The Morgan fingerprint density at radius 1 is 1.11 bits per heavy atom. The molecule has 0 aliphatic heterocycles. The average molecular weight is 319 g/mol. The number of pyridine rings is 1. The zero-order valence-electron chi connectivity index (χ0n) is 9.90. The molecule has 0 saturated carbocycles. The van der Waals surface area contributed by atoms with Crippen molar-refractivity contribution in [1.82, 2.24) is 4.98 Å². The van der Waals surface area contributed by atoms with Crippen molar-refractivity contribution in [3.05, 3.63) is 51.1 Å². The lowest BCUT2D eigenvalue weighted by atomic mass is 10.2. The maximum absolute atomic E-state index is 9.50. The quantitative estimate of drug-likeness (QED) is 0.819.